The van der Waals surface area contributed by atoms with Gasteiger partial charge in [0, 0.05) is 58.2 Å². The summed E-state index contributed by atoms with van der Waals surface area (Å²) < 4.78 is 5.44. The molecule has 2 aromatic rings. The minimum Gasteiger partial charge on any atom is -0.379 e. The van der Waals surface area contributed by atoms with Crippen molar-refractivity contribution in [1.82, 2.24) is 9.80 Å². The van der Waals surface area contributed by atoms with Gasteiger partial charge in [-0.25, -0.2) is 4.79 Å². The first-order valence-corrected chi connectivity index (χ1v) is 11.1. The molecule has 2 aromatic carbocycles. The average molecular weight is 425 g/mol. The average Bonchev–Trinajstić information content (AvgIpc) is 2.76. The maximum atomic E-state index is 13.3. The fourth-order valence-corrected chi connectivity index (χ4v) is 3.88. The monoisotopic (exact) mass is 424 g/mol. The number of carbonyl (C=O) groups excluding carboxylic acids is 1. The summed E-state index contributed by atoms with van der Waals surface area (Å²) in [5, 5.41) is 3.16. The number of hydrogen-bond donors (Lipinski definition) is 1. The second-order valence-electron chi connectivity index (χ2n) is 8.49. The van der Waals surface area contributed by atoms with Crippen molar-refractivity contribution in [3.63, 3.8) is 0 Å². The van der Waals surface area contributed by atoms with Crippen LogP contribution in [0.3, 0.4) is 0 Å². The molecule has 1 saturated heterocycles. The summed E-state index contributed by atoms with van der Waals surface area (Å²) in [5.74, 6) is 0. The van der Waals surface area contributed by atoms with Crippen LogP contribution in [0.5, 0.6) is 0 Å². The van der Waals surface area contributed by atoms with Gasteiger partial charge in [0.1, 0.15) is 0 Å². The number of carbonyl (C=O) groups is 1. The molecule has 0 bridgehead atoms. The zero-order valence-corrected chi connectivity index (χ0v) is 19.4. The minimum absolute atomic E-state index is 0.0453. The van der Waals surface area contributed by atoms with Gasteiger partial charge in [0.2, 0.25) is 0 Å². The summed E-state index contributed by atoms with van der Waals surface area (Å²) in [4.78, 5) is 19.7. The van der Waals surface area contributed by atoms with Crippen LogP contribution in [0, 0.1) is 13.8 Å². The van der Waals surface area contributed by atoms with Gasteiger partial charge in [0.05, 0.1) is 13.2 Å². The standard InChI is InChI=1S/C25H36N4O2/c1-20-7-5-8-21(2)24(20)26-25(30)29(14-6-13-28-15-17-31-18-16-28)19-22-9-11-23(12-10-22)27(3)4/h5,7-12H,6,13-19H2,1-4H3,(H,26,30). The van der Waals surface area contributed by atoms with Crippen molar-refractivity contribution < 1.29 is 9.53 Å². The van der Waals surface area contributed by atoms with E-state index in [1.165, 1.54) is 0 Å². The summed E-state index contributed by atoms with van der Waals surface area (Å²) in [6, 6.07) is 14.5. The molecule has 31 heavy (non-hydrogen) atoms. The van der Waals surface area contributed by atoms with Crippen molar-refractivity contribution in [1.29, 1.82) is 0 Å². The van der Waals surface area contributed by atoms with Gasteiger partial charge >= 0.3 is 6.03 Å². The number of morpholine rings is 1. The van der Waals surface area contributed by atoms with Crippen molar-refractivity contribution in [2.24, 2.45) is 0 Å². The highest BCUT2D eigenvalue weighted by Gasteiger charge is 2.17. The van der Waals surface area contributed by atoms with Gasteiger partial charge < -0.3 is 19.9 Å². The lowest BCUT2D eigenvalue weighted by Crippen LogP contribution is -2.40. The second kappa shape index (κ2) is 11.2. The molecular weight excluding hydrogens is 388 g/mol. The molecule has 6 heteroatoms. The van der Waals surface area contributed by atoms with Crippen LogP contribution < -0.4 is 10.2 Å². The van der Waals surface area contributed by atoms with Crippen molar-refractivity contribution in [3.05, 3.63) is 59.2 Å². The number of anilines is 2. The molecule has 0 spiro atoms. The number of urea groups is 1. The molecule has 168 valence electrons. The lowest BCUT2D eigenvalue weighted by molar-refractivity contribution is 0.0365. The van der Waals surface area contributed by atoms with Gasteiger partial charge in [0.15, 0.2) is 0 Å². The molecule has 0 unspecified atom stereocenters. The Morgan fingerprint density at radius 2 is 1.68 bits per heavy atom. The quantitative estimate of drug-likeness (QED) is 0.692. The number of para-hydroxylation sites is 1. The van der Waals surface area contributed by atoms with Gasteiger partial charge in [0.25, 0.3) is 0 Å². The Kier molecular flexibility index (Phi) is 8.32. The van der Waals surface area contributed by atoms with E-state index in [1.807, 2.05) is 51.0 Å². The van der Waals surface area contributed by atoms with E-state index in [9.17, 15) is 4.79 Å². The number of amides is 2. The van der Waals surface area contributed by atoms with Crippen LogP contribution in [0.15, 0.2) is 42.5 Å². The van der Waals surface area contributed by atoms with Gasteiger partial charge in [-0.05, 0) is 49.1 Å². The number of ether oxygens (including phenoxy) is 1. The molecule has 0 atom stereocenters. The fourth-order valence-electron chi connectivity index (χ4n) is 3.88. The Hall–Kier alpha value is -2.57. The van der Waals surface area contributed by atoms with E-state index < -0.39 is 0 Å². The predicted molar refractivity (Wildman–Crippen MR) is 128 cm³/mol. The Balaban J connectivity index is 1.68. The number of aryl methyl sites for hydroxylation is 2. The highest BCUT2D eigenvalue weighted by molar-refractivity contribution is 5.91. The first-order chi connectivity index (χ1) is 14.9. The third-order valence-electron chi connectivity index (χ3n) is 5.83. The maximum absolute atomic E-state index is 13.3. The summed E-state index contributed by atoms with van der Waals surface area (Å²) in [7, 11) is 4.07. The number of hydrogen-bond acceptors (Lipinski definition) is 4. The SMILES string of the molecule is Cc1cccc(C)c1NC(=O)N(CCCN1CCOCC1)Cc1ccc(N(C)C)cc1. The number of benzene rings is 2. The first-order valence-electron chi connectivity index (χ1n) is 11.1. The molecule has 0 radical (unpaired) electrons. The largest absolute Gasteiger partial charge is 0.379 e. The molecule has 1 N–H and O–H groups in total. The molecule has 1 aliphatic rings. The van der Waals surface area contributed by atoms with Crippen LogP contribution in [0.1, 0.15) is 23.1 Å². The molecule has 0 aliphatic carbocycles. The fraction of sp³-hybridized carbons (Fsp3) is 0.480. The van der Waals surface area contributed by atoms with Crippen LogP contribution in [0.25, 0.3) is 0 Å². The van der Waals surface area contributed by atoms with Crippen LogP contribution in [0.2, 0.25) is 0 Å². The molecule has 1 aliphatic heterocycles. The molecular formula is C25H36N4O2. The maximum Gasteiger partial charge on any atom is 0.322 e. The summed E-state index contributed by atoms with van der Waals surface area (Å²) in [5.41, 5.74) is 5.36. The molecule has 3 rings (SSSR count). The zero-order valence-electron chi connectivity index (χ0n) is 19.4. The third-order valence-corrected chi connectivity index (χ3v) is 5.83. The zero-order chi connectivity index (χ0) is 22.2. The molecule has 2 amide bonds. The molecule has 1 fully saturated rings. The van der Waals surface area contributed by atoms with Gasteiger partial charge in [-0.3, -0.25) is 4.90 Å². The highest BCUT2D eigenvalue weighted by Crippen LogP contribution is 2.21. The molecule has 0 aromatic heterocycles. The van der Waals surface area contributed by atoms with Gasteiger partial charge in [-0.15, -0.1) is 0 Å². The van der Waals surface area contributed by atoms with Crippen molar-refractivity contribution in [2.45, 2.75) is 26.8 Å². The lowest BCUT2D eigenvalue weighted by atomic mass is 10.1. The Bertz CT molecular complexity index is 825. The van der Waals surface area contributed by atoms with Crippen molar-refractivity contribution in [2.75, 3.05) is 63.7 Å². The van der Waals surface area contributed by atoms with Crippen LogP contribution in [0.4, 0.5) is 16.2 Å². The number of rotatable bonds is 8. The van der Waals surface area contributed by atoms with Crippen molar-refractivity contribution >= 4 is 17.4 Å². The van der Waals surface area contributed by atoms with Crippen LogP contribution >= 0.6 is 0 Å². The molecule has 0 saturated carbocycles. The Morgan fingerprint density at radius 1 is 1.03 bits per heavy atom. The normalized spacial score (nSPS) is 14.3. The van der Waals surface area contributed by atoms with Crippen molar-refractivity contribution in [3.8, 4) is 0 Å². The van der Waals surface area contributed by atoms with Gasteiger partial charge in [-0.1, -0.05) is 30.3 Å². The summed E-state index contributed by atoms with van der Waals surface area (Å²) in [6.45, 7) is 9.90. The van der Waals surface area contributed by atoms with E-state index in [1.54, 1.807) is 0 Å². The Morgan fingerprint density at radius 3 is 2.29 bits per heavy atom. The van der Waals surface area contributed by atoms with Crippen LogP contribution in [-0.2, 0) is 11.3 Å². The van der Waals surface area contributed by atoms with E-state index in [-0.39, 0.29) is 6.03 Å². The topological polar surface area (TPSA) is 48.1 Å². The van der Waals surface area contributed by atoms with Gasteiger partial charge in [-0.2, -0.15) is 0 Å². The van der Waals surface area contributed by atoms with Crippen LogP contribution in [-0.4, -0.2) is 69.3 Å². The lowest BCUT2D eigenvalue weighted by Gasteiger charge is -2.29. The first kappa shape index (κ1) is 23.1. The minimum atomic E-state index is -0.0453. The summed E-state index contributed by atoms with van der Waals surface area (Å²) in [6.07, 6.45) is 0.940. The number of nitrogens with zero attached hydrogens (tertiary/aromatic N) is 3. The second-order valence-corrected chi connectivity index (χ2v) is 8.49. The molecule has 1 heterocycles. The summed E-state index contributed by atoms with van der Waals surface area (Å²) >= 11 is 0. The predicted octanol–water partition coefficient (Wildman–Crippen LogP) is 4.13. The van der Waals surface area contributed by atoms with E-state index in [2.05, 4.69) is 39.4 Å². The highest BCUT2D eigenvalue weighted by atomic mass is 16.5. The number of nitrogens with one attached hydrogen (secondary N) is 1. The Labute approximate surface area is 186 Å². The van der Waals surface area contributed by atoms with E-state index in [0.717, 1.165) is 67.3 Å². The molecule has 6 nitrogen and oxygen atoms in total. The van der Waals surface area contributed by atoms with E-state index >= 15 is 0 Å². The van der Waals surface area contributed by atoms with E-state index in [4.69, 9.17) is 4.74 Å². The smallest absolute Gasteiger partial charge is 0.322 e. The third kappa shape index (κ3) is 6.71. The van der Waals surface area contributed by atoms with E-state index in [0.29, 0.717) is 13.1 Å².